The molecule has 0 aliphatic heterocycles. The van der Waals surface area contributed by atoms with Gasteiger partial charge in [0.15, 0.2) is 0 Å². The van der Waals surface area contributed by atoms with E-state index >= 15 is 0 Å². The van der Waals surface area contributed by atoms with Gasteiger partial charge in [0, 0.05) is 59.1 Å². The van der Waals surface area contributed by atoms with Crippen LogP contribution in [0.1, 0.15) is 25.0 Å². The zero-order chi connectivity index (χ0) is 38.5. The van der Waals surface area contributed by atoms with Crippen LogP contribution in [0.4, 0.5) is 17.1 Å². The molecule has 3 heteroatoms. The lowest BCUT2D eigenvalue weighted by Crippen LogP contribution is -2.16. The van der Waals surface area contributed by atoms with E-state index in [1.54, 1.807) is 0 Å². The molecule has 2 aromatic heterocycles. The average molecular weight is 759 g/mol. The van der Waals surface area contributed by atoms with Crippen molar-refractivity contribution < 1.29 is 0 Å². The van der Waals surface area contributed by atoms with E-state index in [-0.39, 0.29) is 5.41 Å². The minimum atomic E-state index is -0.0962. The second-order valence-electron chi connectivity index (χ2n) is 16.2. The average Bonchev–Trinajstić information content (AvgIpc) is 3.89. The number of benzene rings is 9. The second kappa shape index (κ2) is 12.5. The number of rotatable bonds is 5. The zero-order valence-corrected chi connectivity index (χ0v) is 33.1. The third-order valence-electron chi connectivity index (χ3n) is 12.6. The highest BCUT2D eigenvalue weighted by Gasteiger charge is 2.35. The maximum Gasteiger partial charge on any atom is 0.0541 e. The number of aromatic nitrogens is 1. The molecule has 0 atom stereocenters. The molecule has 0 saturated heterocycles. The summed E-state index contributed by atoms with van der Waals surface area (Å²) in [7, 11) is 0. The van der Waals surface area contributed by atoms with Gasteiger partial charge in [0.25, 0.3) is 0 Å². The molecule has 0 radical (unpaired) electrons. The van der Waals surface area contributed by atoms with Crippen LogP contribution in [0, 0.1) is 0 Å². The lowest BCUT2D eigenvalue weighted by atomic mass is 9.82. The quantitative estimate of drug-likeness (QED) is 0.170. The van der Waals surface area contributed by atoms with Gasteiger partial charge in [0.1, 0.15) is 0 Å². The monoisotopic (exact) mass is 758 g/mol. The largest absolute Gasteiger partial charge is 0.310 e. The molecule has 1 aliphatic rings. The molecular weight excluding hydrogens is 721 g/mol. The van der Waals surface area contributed by atoms with Crippen molar-refractivity contribution in [3.63, 3.8) is 0 Å². The SMILES string of the molecule is CC1(C)c2ccccc2-c2ccc(N(c3ccc(-c4ccc5c(c4)c4ccccc4n5-c4ccc5ccccc5c4)cc3)c3ccc4sc5ccccc5c4c3)cc21. The number of thiophene rings is 1. The molecule has 0 saturated carbocycles. The Morgan fingerprint density at radius 2 is 1.07 bits per heavy atom. The van der Waals surface area contributed by atoms with E-state index in [2.05, 4.69) is 217 Å². The van der Waals surface area contributed by atoms with Crippen molar-refractivity contribution in [2.45, 2.75) is 19.3 Å². The molecule has 9 aromatic carbocycles. The third-order valence-corrected chi connectivity index (χ3v) is 13.7. The Morgan fingerprint density at radius 1 is 0.414 bits per heavy atom. The first-order valence-corrected chi connectivity index (χ1v) is 20.9. The summed E-state index contributed by atoms with van der Waals surface area (Å²) in [5, 5.41) is 7.61. The first-order valence-electron chi connectivity index (χ1n) is 20.1. The molecule has 0 spiro atoms. The highest BCUT2D eigenvalue weighted by molar-refractivity contribution is 7.25. The van der Waals surface area contributed by atoms with Gasteiger partial charge in [0.05, 0.1) is 11.0 Å². The first kappa shape index (κ1) is 33.2. The summed E-state index contributed by atoms with van der Waals surface area (Å²) in [6.45, 7) is 4.72. The molecule has 274 valence electrons. The Bertz CT molecular complexity index is 3440. The second-order valence-corrected chi connectivity index (χ2v) is 17.3. The smallest absolute Gasteiger partial charge is 0.0541 e. The number of anilines is 3. The fourth-order valence-electron chi connectivity index (χ4n) is 9.68. The van der Waals surface area contributed by atoms with Crippen LogP contribution in [-0.4, -0.2) is 4.57 Å². The number of nitrogens with zero attached hydrogens (tertiary/aromatic N) is 2. The van der Waals surface area contributed by atoms with Gasteiger partial charge in [-0.25, -0.2) is 0 Å². The number of hydrogen-bond acceptors (Lipinski definition) is 2. The molecule has 1 aliphatic carbocycles. The number of para-hydroxylation sites is 1. The van der Waals surface area contributed by atoms with Crippen molar-refractivity contribution in [3.8, 4) is 27.9 Å². The predicted molar refractivity (Wildman–Crippen MR) is 249 cm³/mol. The van der Waals surface area contributed by atoms with Crippen LogP contribution in [0.3, 0.4) is 0 Å². The summed E-state index contributed by atoms with van der Waals surface area (Å²) in [5.74, 6) is 0. The minimum absolute atomic E-state index is 0.0962. The molecule has 2 heterocycles. The molecule has 0 N–H and O–H groups in total. The van der Waals surface area contributed by atoms with Crippen molar-refractivity contribution in [2.75, 3.05) is 4.90 Å². The summed E-state index contributed by atoms with van der Waals surface area (Å²) in [4.78, 5) is 2.44. The van der Waals surface area contributed by atoms with Crippen LogP contribution in [0.2, 0.25) is 0 Å². The molecule has 58 heavy (non-hydrogen) atoms. The van der Waals surface area contributed by atoms with Crippen molar-refractivity contribution in [1.29, 1.82) is 0 Å². The lowest BCUT2D eigenvalue weighted by Gasteiger charge is -2.28. The van der Waals surface area contributed by atoms with Gasteiger partial charge in [-0.15, -0.1) is 11.3 Å². The molecule has 11 aromatic rings. The molecule has 2 nitrogen and oxygen atoms in total. The summed E-state index contributed by atoms with van der Waals surface area (Å²) in [6.07, 6.45) is 0. The van der Waals surface area contributed by atoms with Crippen molar-refractivity contribution in [2.24, 2.45) is 0 Å². The van der Waals surface area contributed by atoms with Gasteiger partial charge in [-0.2, -0.15) is 0 Å². The van der Waals surface area contributed by atoms with Crippen LogP contribution < -0.4 is 4.90 Å². The highest BCUT2D eigenvalue weighted by atomic mass is 32.1. The van der Waals surface area contributed by atoms with Gasteiger partial charge < -0.3 is 9.47 Å². The van der Waals surface area contributed by atoms with E-state index < -0.39 is 0 Å². The molecule has 0 unspecified atom stereocenters. The summed E-state index contributed by atoms with van der Waals surface area (Å²) in [5.41, 5.74) is 14.8. The Morgan fingerprint density at radius 3 is 1.97 bits per heavy atom. The van der Waals surface area contributed by atoms with Crippen LogP contribution in [-0.2, 0) is 5.41 Å². The zero-order valence-electron chi connectivity index (χ0n) is 32.3. The molecular formula is C55H38N2S. The van der Waals surface area contributed by atoms with Crippen LogP contribution in [0.5, 0.6) is 0 Å². The summed E-state index contributed by atoms with van der Waals surface area (Å²) < 4.78 is 5.04. The van der Waals surface area contributed by atoms with Crippen molar-refractivity contribution in [1.82, 2.24) is 4.57 Å². The molecule has 0 amide bonds. The van der Waals surface area contributed by atoms with Crippen LogP contribution in [0.25, 0.3) is 80.7 Å². The van der Waals surface area contributed by atoms with E-state index in [4.69, 9.17) is 0 Å². The molecule has 0 bridgehead atoms. The van der Waals surface area contributed by atoms with E-state index in [1.807, 2.05) is 11.3 Å². The maximum atomic E-state index is 2.44. The van der Waals surface area contributed by atoms with Crippen molar-refractivity contribution in [3.05, 3.63) is 205 Å². The van der Waals surface area contributed by atoms with E-state index in [1.165, 1.54) is 91.8 Å². The Hall–Kier alpha value is -6.94. The van der Waals surface area contributed by atoms with Crippen molar-refractivity contribution >= 4 is 81.1 Å². The normalized spacial score (nSPS) is 13.1. The van der Waals surface area contributed by atoms with Gasteiger partial charge in [-0.05, 0) is 123 Å². The fraction of sp³-hybridized carbons (Fsp3) is 0.0545. The van der Waals surface area contributed by atoms with E-state index in [0.29, 0.717) is 0 Å². The molecule has 12 rings (SSSR count). The Balaban J connectivity index is 0.983. The van der Waals surface area contributed by atoms with Gasteiger partial charge >= 0.3 is 0 Å². The van der Waals surface area contributed by atoms with E-state index in [0.717, 1.165) is 17.1 Å². The highest BCUT2D eigenvalue weighted by Crippen LogP contribution is 2.51. The summed E-state index contributed by atoms with van der Waals surface area (Å²) >= 11 is 1.86. The fourth-order valence-corrected chi connectivity index (χ4v) is 10.8. The molecule has 0 fully saturated rings. The van der Waals surface area contributed by atoms with Crippen LogP contribution in [0.15, 0.2) is 194 Å². The van der Waals surface area contributed by atoms with Crippen LogP contribution >= 0.6 is 11.3 Å². The van der Waals surface area contributed by atoms with Gasteiger partial charge in [-0.3, -0.25) is 0 Å². The standard InChI is InChI=1S/C55H38N2S/c1-55(2)49-16-8-5-13-43(49)44-28-26-42(34-50(44)55)56(41-27-30-54-48(33-41)46-15-7-10-18-53(46)58-54)39-23-19-36(20-24-39)38-22-29-52-47(32-38)45-14-6-9-17-51(45)57(52)40-25-21-35-11-3-4-12-37(35)31-40/h3-34H,1-2H3. The Kier molecular flexibility index (Phi) is 7.18. The number of hydrogen-bond donors (Lipinski definition) is 0. The summed E-state index contributed by atoms with van der Waals surface area (Å²) in [6, 6.07) is 72.0. The van der Waals surface area contributed by atoms with Gasteiger partial charge in [0.2, 0.25) is 0 Å². The first-order chi connectivity index (χ1) is 28.5. The Labute approximate surface area is 341 Å². The topological polar surface area (TPSA) is 8.17 Å². The third kappa shape index (κ3) is 4.97. The number of fused-ring (bicyclic) bond motifs is 10. The van der Waals surface area contributed by atoms with E-state index in [9.17, 15) is 0 Å². The minimum Gasteiger partial charge on any atom is -0.310 e. The van der Waals surface area contributed by atoms with Gasteiger partial charge in [-0.1, -0.05) is 129 Å². The lowest BCUT2D eigenvalue weighted by molar-refractivity contribution is 0.660. The maximum absolute atomic E-state index is 2.44. The predicted octanol–water partition coefficient (Wildman–Crippen LogP) is 15.7.